The Hall–Kier alpha value is -7.08. The van der Waals surface area contributed by atoms with Crippen LogP contribution >= 0.6 is 0 Å². The van der Waals surface area contributed by atoms with Gasteiger partial charge in [-0.1, -0.05) is 24.3 Å². The second-order valence-corrected chi connectivity index (χ2v) is 17.9. The van der Waals surface area contributed by atoms with E-state index in [1.807, 2.05) is 0 Å². The summed E-state index contributed by atoms with van der Waals surface area (Å²) in [4.78, 5) is 25.6. The first-order chi connectivity index (χ1) is 36.3. The minimum atomic E-state index is -2.12. The molecule has 3 fully saturated rings. The second-order valence-electron chi connectivity index (χ2n) is 17.9. The van der Waals surface area contributed by atoms with Crippen LogP contribution in [0.4, 0.5) is 0 Å². The van der Waals surface area contributed by atoms with Gasteiger partial charge in [0, 0.05) is 24.3 Å². The van der Waals surface area contributed by atoms with Crippen LogP contribution in [0.25, 0.3) is 18.2 Å². The maximum atomic E-state index is 12.9. The van der Waals surface area contributed by atoms with Crippen molar-refractivity contribution in [2.75, 3.05) is 19.8 Å². The van der Waals surface area contributed by atoms with E-state index in [4.69, 9.17) is 42.6 Å². The Balaban J connectivity index is 1.11. The summed E-state index contributed by atoms with van der Waals surface area (Å²) in [6.07, 6.45) is -23.5. The first kappa shape index (κ1) is 55.2. The van der Waals surface area contributed by atoms with Crippen LogP contribution in [0.2, 0.25) is 0 Å². The second kappa shape index (κ2) is 23.9. The van der Waals surface area contributed by atoms with E-state index in [9.17, 15) is 81.1 Å². The van der Waals surface area contributed by atoms with E-state index in [1.165, 1.54) is 78.9 Å². The maximum Gasteiger partial charge on any atom is 0.330 e. The van der Waals surface area contributed by atoms with Gasteiger partial charge in [-0.3, -0.25) is 0 Å². The van der Waals surface area contributed by atoms with Crippen LogP contribution in [0, 0.1) is 0 Å². The number of hydrogen-bond acceptors (Lipinski definition) is 24. The molecule has 4 aliphatic rings. The van der Waals surface area contributed by atoms with Crippen molar-refractivity contribution in [1.29, 1.82) is 0 Å². The lowest BCUT2D eigenvalue weighted by Gasteiger charge is -2.46. The Bertz CT molecular complexity index is 2750. The molecule has 0 aliphatic carbocycles. The maximum absolute atomic E-state index is 12.9. The molecule has 4 aromatic carbocycles. The zero-order valence-corrected chi connectivity index (χ0v) is 39.5. The van der Waals surface area contributed by atoms with Crippen molar-refractivity contribution in [3.8, 4) is 40.2 Å². The van der Waals surface area contributed by atoms with Crippen molar-refractivity contribution < 1.29 is 124 Å². The lowest BCUT2D eigenvalue weighted by Crippen LogP contribution is -2.64. The number of rotatable bonds is 16. The zero-order valence-electron chi connectivity index (χ0n) is 39.5. The lowest BCUT2D eigenvalue weighted by atomic mass is 9.97. The molecule has 4 aliphatic heterocycles. The molecule has 76 heavy (non-hydrogen) atoms. The molecule has 0 bridgehead atoms. The molecule has 15 N–H and O–H groups in total. The fourth-order valence-electron chi connectivity index (χ4n) is 8.37. The van der Waals surface area contributed by atoms with Crippen molar-refractivity contribution in [2.45, 2.75) is 98.2 Å². The van der Waals surface area contributed by atoms with Crippen LogP contribution in [0.5, 0.6) is 40.2 Å². The molecule has 0 amide bonds. The number of fused-ring (bicyclic) bond motifs is 1. The summed E-state index contributed by atoms with van der Waals surface area (Å²) in [7, 11) is 0. The number of ether oxygens (including phenoxy) is 9. The van der Waals surface area contributed by atoms with Gasteiger partial charge in [-0.2, -0.15) is 0 Å². The number of esters is 2. The summed E-state index contributed by atoms with van der Waals surface area (Å²) in [5.41, 5.74) is 1.08. The van der Waals surface area contributed by atoms with Crippen LogP contribution in [-0.2, 0) is 42.7 Å². The zero-order chi connectivity index (χ0) is 54.5. The molecule has 0 saturated carbocycles. The van der Waals surface area contributed by atoms with Crippen molar-refractivity contribution in [3.05, 3.63) is 119 Å². The highest BCUT2D eigenvalue weighted by atomic mass is 16.8. The smallest absolute Gasteiger partial charge is 0.330 e. The number of aliphatic hydroxyl groups is 10. The van der Waals surface area contributed by atoms with E-state index in [1.54, 1.807) is 0 Å². The predicted octanol–water partition coefficient (Wildman–Crippen LogP) is -1.10. The molecule has 0 aromatic heterocycles. The number of aliphatic hydroxyl groups excluding tert-OH is 9. The van der Waals surface area contributed by atoms with Gasteiger partial charge in [0.15, 0.2) is 29.7 Å². The van der Waals surface area contributed by atoms with Crippen LogP contribution in [-0.4, -0.2) is 200 Å². The summed E-state index contributed by atoms with van der Waals surface area (Å²) in [6, 6.07) is 17.4. The largest absolute Gasteiger partial charge is 0.571 e. The van der Waals surface area contributed by atoms with E-state index in [-0.39, 0.29) is 39.9 Å². The van der Waals surface area contributed by atoms with Crippen molar-refractivity contribution >= 4 is 30.2 Å². The highest BCUT2D eigenvalue weighted by Gasteiger charge is 2.53. The number of benzene rings is 4. The third kappa shape index (κ3) is 12.6. The molecule has 16 atom stereocenters. The molecule has 25 nitrogen and oxygen atoms in total. The molecular formula is C51H55O25+. The average molecular weight is 1070 g/mol. The van der Waals surface area contributed by atoms with Crippen LogP contribution in [0.15, 0.2) is 96.8 Å². The van der Waals surface area contributed by atoms with Gasteiger partial charge in [0.25, 0.3) is 11.9 Å². The van der Waals surface area contributed by atoms with Gasteiger partial charge < -0.3 is 114 Å². The number of aromatic hydroxyl groups is 6. The van der Waals surface area contributed by atoms with Crippen LogP contribution in [0.1, 0.15) is 28.4 Å². The van der Waals surface area contributed by atoms with E-state index in [0.717, 1.165) is 30.4 Å². The SMILES string of the molecule is O=C(/C=C/c1ccc(O)cc1)OC[C@H]1O[C@@H](O[C@H]2[C@H](OC3=Cc4c(O[C@@H]5O[C@H](CO)[C@@H](O)[C@H](O)[C@H]5O)cc(O)cc4[OH+]C3c3ccc(O)c(O)c3)O[C@H](COC(=O)/C=C/c3ccc(O)cc3)[C@@H](O)[C@@H]2O)[C@H](O)[C@@H](O)[C@@H]1O. The average Bonchev–Trinajstić information content (AvgIpc) is 3.41. The van der Waals surface area contributed by atoms with Crippen molar-refractivity contribution in [1.82, 2.24) is 0 Å². The Kier molecular flexibility index (Phi) is 17.3. The van der Waals surface area contributed by atoms with Crippen molar-refractivity contribution in [3.63, 3.8) is 0 Å². The van der Waals surface area contributed by atoms with E-state index < -0.39 is 147 Å². The summed E-state index contributed by atoms with van der Waals surface area (Å²) < 4.78 is 51.2. The van der Waals surface area contributed by atoms with Crippen LogP contribution < -0.4 is 4.74 Å². The molecule has 8 rings (SSSR count). The molecule has 3 saturated heterocycles. The molecule has 408 valence electrons. The Labute approximate surface area is 430 Å². The summed E-state index contributed by atoms with van der Waals surface area (Å²) >= 11 is 0. The fourth-order valence-corrected chi connectivity index (χ4v) is 8.37. The number of phenols is 5. The van der Waals surface area contributed by atoms with Gasteiger partial charge in [0.1, 0.15) is 109 Å². The lowest BCUT2D eigenvalue weighted by molar-refractivity contribution is -0.364. The van der Waals surface area contributed by atoms with Crippen molar-refractivity contribution in [2.24, 2.45) is 0 Å². The standard InChI is InChI=1S/C51H54O25/c52-19-34-39(60)42(63)45(66)49(73-34)71-32-17-27(55)16-31-28(32)18-33(47(70-31)24-7-12-29(56)30(57)15-24)72-51-48(44(65)41(62)36(75-51)21-69-38(59)14-6-23-3-10-26(54)11-4-23)76-50-46(67)43(64)40(61)35(74-50)20-68-37(58)13-5-22-1-8-25(53)9-2-22/h1-18,34-36,39-57,60-67H,19-21H2/p+1/b13-5+,14-6+/t34-,35-,36-,39-,40-,41-,42+,43+,44+,45-,46-,47?,48-,49-,50+,51-/m1/s1. The molecule has 1 unspecified atom stereocenters. The predicted molar refractivity (Wildman–Crippen MR) is 254 cm³/mol. The first-order valence-corrected chi connectivity index (χ1v) is 23.4. The number of hydrogen-bond donors (Lipinski definition) is 14. The van der Waals surface area contributed by atoms with E-state index >= 15 is 0 Å². The quantitative estimate of drug-likeness (QED) is 0.0274. The van der Waals surface area contributed by atoms with E-state index in [2.05, 4.69) is 0 Å². The van der Waals surface area contributed by atoms with Crippen LogP contribution in [0.3, 0.4) is 0 Å². The Morgan fingerprint density at radius 3 is 1.63 bits per heavy atom. The summed E-state index contributed by atoms with van der Waals surface area (Å²) in [5.74, 6) is -4.16. The molecule has 25 heteroatoms. The molecular weight excluding hydrogens is 1010 g/mol. The van der Waals surface area contributed by atoms with Gasteiger partial charge in [-0.25, -0.2) is 9.59 Å². The van der Waals surface area contributed by atoms with Gasteiger partial charge >= 0.3 is 11.9 Å². The third-order valence-electron chi connectivity index (χ3n) is 12.6. The molecule has 0 radical (unpaired) electrons. The number of carbonyl (C=O) groups excluding carboxylic acids is 2. The minimum absolute atomic E-state index is 0.0111. The summed E-state index contributed by atoms with van der Waals surface area (Å²) in [6.45, 7) is -2.30. The van der Waals surface area contributed by atoms with Gasteiger partial charge in [0.05, 0.1) is 18.2 Å². The minimum Gasteiger partial charge on any atom is -0.571 e. The van der Waals surface area contributed by atoms with Gasteiger partial charge in [0.2, 0.25) is 12.6 Å². The van der Waals surface area contributed by atoms with Gasteiger partial charge in [-0.05, 0) is 65.7 Å². The molecule has 0 spiro atoms. The molecule has 4 aromatic rings. The van der Waals surface area contributed by atoms with E-state index in [0.29, 0.717) is 11.1 Å². The number of phenolic OH excluding ortho intramolecular Hbond substituents is 5. The normalized spacial score (nSPS) is 31.5. The monoisotopic (exact) mass is 1070 g/mol. The highest BCUT2D eigenvalue weighted by molar-refractivity contribution is 5.87. The molecule has 4 heterocycles. The fraction of sp³-hybridized carbons (Fsp3) is 0.373. The first-order valence-electron chi connectivity index (χ1n) is 23.4. The number of carbonyl (C=O) groups is 2. The Morgan fingerprint density at radius 1 is 0.539 bits per heavy atom. The Morgan fingerprint density at radius 2 is 1.07 bits per heavy atom. The summed E-state index contributed by atoms with van der Waals surface area (Å²) in [5, 5.41) is 149. The highest BCUT2D eigenvalue weighted by Crippen LogP contribution is 2.47. The topological polar surface area (TPSA) is 404 Å². The van der Waals surface area contributed by atoms with Gasteiger partial charge in [-0.15, -0.1) is 0 Å². The third-order valence-corrected chi connectivity index (χ3v) is 12.6.